The molecule has 12 heteroatoms. The summed E-state index contributed by atoms with van der Waals surface area (Å²) in [5.41, 5.74) is 2.29. The zero-order valence-electron chi connectivity index (χ0n) is 21.5. The lowest BCUT2D eigenvalue weighted by Crippen LogP contribution is -2.65. The number of nitrogens with one attached hydrogen (secondary N) is 1. The van der Waals surface area contributed by atoms with Gasteiger partial charge in [-0.05, 0) is 43.3 Å². The van der Waals surface area contributed by atoms with Crippen LogP contribution >= 0.6 is 11.6 Å². The van der Waals surface area contributed by atoms with Gasteiger partial charge < -0.3 is 4.74 Å². The van der Waals surface area contributed by atoms with Crippen molar-refractivity contribution in [3.8, 4) is 5.75 Å². The molecule has 0 saturated carbocycles. The number of para-hydroxylation sites is 1. The molecular formula is C28H26ClN4O6S+. The van der Waals surface area contributed by atoms with Crippen molar-refractivity contribution in [1.29, 1.82) is 0 Å². The van der Waals surface area contributed by atoms with Crippen LogP contribution in [0.3, 0.4) is 0 Å². The molecule has 1 fully saturated rings. The number of piperidine rings is 1. The number of carbonyl (C=O) groups is 2. The number of hydrogen-bond acceptors (Lipinski definition) is 7. The van der Waals surface area contributed by atoms with E-state index in [1.807, 2.05) is 0 Å². The fraction of sp³-hybridized carbons (Fsp3) is 0.214. The zero-order chi connectivity index (χ0) is 28.7. The first-order chi connectivity index (χ1) is 19.1. The first-order valence-electron chi connectivity index (χ1n) is 12.3. The minimum absolute atomic E-state index is 0.103. The van der Waals surface area contributed by atoms with Crippen molar-refractivity contribution in [2.75, 3.05) is 18.2 Å². The Morgan fingerprint density at radius 3 is 2.60 bits per heavy atom. The van der Waals surface area contributed by atoms with Crippen LogP contribution in [0.25, 0.3) is 0 Å². The average Bonchev–Trinajstić information content (AvgIpc) is 3.22. The van der Waals surface area contributed by atoms with E-state index >= 15 is 0 Å². The van der Waals surface area contributed by atoms with E-state index in [0.29, 0.717) is 27.8 Å². The van der Waals surface area contributed by atoms with Crippen molar-refractivity contribution in [1.82, 2.24) is 9.79 Å². The molecule has 40 heavy (non-hydrogen) atoms. The number of hydrogen-bond donors (Lipinski definition) is 2. The first kappa shape index (κ1) is 27.7. The van der Waals surface area contributed by atoms with Crippen molar-refractivity contribution in [3.63, 3.8) is 0 Å². The molecule has 3 aliphatic rings. The molecule has 206 valence electrons. The van der Waals surface area contributed by atoms with E-state index in [4.69, 9.17) is 16.3 Å². The Morgan fingerprint density at radius 1 is 1.25 bits per heavy atom. The molecule has 0 aromatic heterocycles. The Kier molecular flexibility index (Phi) is 7.32. The molecule has 10 nitrogen and oxygen atoms in total. The summed E-state index contributed by atoms with van der Waals surface area (Å²) < 4.78 is 34.4. The molecule has 2 aliphatic heterocycles. The molecule has 2 N–H and O–H groups in total. The SMILES string of the molecule is C=C1C=C(Cl)[CH+]C=C1COc1ccc(S(=O)(=O)N2CCC3=NN(c4ccccc4)C(=O)[C@]3(C)[C@@H]2C(=O)NO)cc1. The van der Waals surface area contributed by atoms with Crippen LogP contribution in [-0.4, -0.2) is 54.6 Å². The molecule has 2 heterocycles. The Hall–Kier alpha value is -3.90. The molecular weight excluding hydrogens is 556 g/mol. The number of benzene rings is 2. The molecule has 0 unspecified atom stereocenters. The number of fused-ring (bicyclic) bond motifs is 1. The molecule has 1 saturated heterocycles. The smallest absolute Gasteiger partial charge is 0.263 e. The van der Waals surface area contributed by atoms with Gasteiger partial charge in [0.1, 0.15) is 22.2 Å². The third-order valence-electron chi connectivity index (χ3n) is 7.21. The number of ether oxygens (including phenoxy) is 1. The number of nitrogens with zero attached hydrogens (tertiary/aromatic N) is 3. The Balaban J connectivity index is 1.40. The molecule has 5 rings (SSSR count). The van der Waals surface area contributed by atoms with E-state index in [0.717, 1.165) is 9.88 Å². The summed E-state index contributed by atoms with van der Waals surface area (Å²) in [7, 11) is -4.29. The Labute approximate surface area is 236 Å². The van der Waals surface area contributed by atoms with Gasteiger partial charge in [-0.2, -0.15) is 14.4 Å². The highest BCUT2D eigenvalue weighted by Gasteiger charge is 2.61. The quantitative estimate of drug-likeness (QED) is 0.292. The zero-order valence-corrected chi connectivity index (χ0v) is 23.0. The van der Waals surface area contributed by atoms with Gasteiger partial charge in [-0.15, -0.1) is 0 Å². The second kappa shape index (κ2) is 10.6. The number of anilines is 1. The topological polar surface area (TPSA) is 129 Å². The van der Waals surface area contributed by atoms with E-state index in [-0.39, 0.29) is 24.5 Å². The second-order valence-electron chi connectivity index (χ2n) is 9.62. The van der Waals surface area contributed by atoms with Crippen molar-refractivity contribution in [2.24, 2.45) is 10.5 Å². The largest absolute Gasteiger partial charge is 0.475 e. The lowest BCUT2D eigenvalue weighted by molar-refractivity contribution is -0.141. The second-order valence-corrected chi connectivity index (χ2v) is 11.9. The lowest BCUT2D eigenvalue weighted by atomic mass is 9.73. The fourth-order valence-corrected chi connectivity index (χ4v) is 6.89. The summed E-state index contributed by atoms with van der Waals surface area (Å²) in [6.45, 7) is 5.50. The van der Waals surface area contributed by atoms with Crippen molar-refractivity contribution in [3.05, 3.63) is 95.9 Å². The van der Waals surface area contributed by atoms with Gasteiger partial charge in [0.2, 0.25) is 10.0 Å². The number of amides is 2. The monoisotopic (exact) mass is 581 g/mol. The molecule has 0 bridgehead atoms. The Bertz CT molecular complexity index is 1570. The number of sulfonamides is 1. The van der Waals surface area contributed by atoms with Gasteiger partial charge in [0.25, 0.3) is 11.8 Å². The van der Waals surface area contributed by atoms with Crippen LogP contribution in [0.5, 0.6) is 5.75 Å². The minimum Gasteiger partial charge on any atom is -0.475 e. The third-order valence-corrected chi connectivity index (χ3v) is 9.33. The van der Waals surface area contributed by atoms with Gasteiger partial charge in [0.15, 0.2) is 6.61 Å². The van der Waals surface area contributed by atoms with E-state index in [2.05, 4.69) is 11.7 Å². The normalized spacial score (nSPS) is 23.0. The standard InChI is InChI=1S/C28H25ClN4O6S/c1-18-16-20(29)9-8-19(18)17-39-22-10-12-23(13-11-22)40(37,38)32-15-14-24-28(2,25(32)26(34)31-36)27(35)33(30-24)21-6-4-3-5-7-21/h3-13,16,25H,1,14-15,17H2,2H3,(H-,31,34,36)/p+1/t25-,28-/m0/s1. The first-order valence-corrected chi connectivity index (χ1v) is 14.2. The predicted octanol–water partition coefficient (Wildman–Crippen LogP) is 3.57. The van der Waals surface area contributed by atoms with Crippen molar-refractivity contribution in [2.45, 2.75) is 24.3 Å². The third kappa shape index (κ3) is 4.71. The van der Waals surface area contributed by atoms with Gasteiger partial charge in [-0.1, -0.05) is 36.4 Å². The average molecular weight is 582 g/mol. The predicted molar refractivity (Wildman–Crippen MR) is 149 cm³/mol. The number of carbonyl (C=O) groups excluding carboxylic acids is 2. The van der Waals surface area contributed by atoms with Gasteiger partial charge in [-0.3, -0.25) is 14.8 Å². The molecule has 0 spiro atoms. The van der Waals surface area contributed by atoms with Crippen LogP contribution in [0.4, 0.5) is 5.69 Å². The van der Waals surface area contributed by atoms with Crippen molar-refractivity contribution < 1.29 is 28.0 Å². The van der Waals surface area contributed by atoms with Gasteiger partial charge in [-0.25, -0.2) is 13.9 Å². The van der Waals surface area contributed by atoms with E-state index < -0.39 is 33.3 Å². The highest BCUT2D eigenvalue weighted by atomic mass is 35.5. The highest BCUT2D eigenvalue weighted by molar-refractivity contribution is 7.89. The molecule has 0 radical (unpaired) electrons. The van der Waals surface area contributed by atoms with Gasteiger partial charge in [0.05, 0.1) is 46.0 Å². The van der Waals surface area contributed by atoms with Crippen LogP contribution in [-0.2, 0) is 19.6 Å². The summed E-state index contributed by atoms with van der Waals surface area (Å²) in [6.07, 6.45) is 5.37. The van der Waals surface area contributed by atoms with Crippen LogP contribution in [0, 0.1) is 11.8 Å². The maximum atomic E-state index is 13.8. The van der Waals surface area contributed by atoms with Gasteiger partial charge >= 0.3 is 0 Å². The summed E-state index contributed by atoms with van der Waals surface area (Å²) in [5, 5.41) is 15.7. The highest BCUT2D eigenvalue weighted by Crippen LogP contribution is 2.43. The van der Waals surface area contributed by atoms with Gasteiger partial charge in [0, 0.05) is 13.0 Å². The number of allylic oxidation sites excluding steroid dienone is 3. The Morgan fingerprint density at radius 2 is 1.95 bits per heavy atom. The van der Waals surface area contributed by atoms with E-state index in [9.17, 15) is 23.2 Å². The minimum atomic E-state index is -4.29. The molecule has 2 amide bonds. The lowest BCUT2D eigenvalue weighted by Gasteiger charge is -2.42. The summed E-state index contributed by atoms with van der Waals surface area (Å²) in [5.74, 6) is -1.19. The van der Waals surface area contributed by atoms with Crippen LogP contribution in [0.1, 0.15) is 13.3 Å². The summed E-state index contributed by atoms with van der Waals surface area (Å²) in [6, 6.07) is 12.8. The number of rotatable bonds is 7. The number of hydroxylamine groups is 1. The number of hydrazone groups is 1. The van der Waals surface area contributed by atoms with Crippen LogP contribution in [0.15, 0.2) is 99.5 Å². The summed E-state index contributed by atoms with van der Waals surface area (Å²) >= 11 is 5.97. The van der Waals surface area contributed by atoms with E-state index in [1.165, 1.54) is 36.2 Å². The summed E-state index contributed by atoms with van der Waals surface area (Å²) in [4.78, 5) is 26.6. The van der Waals surface area contributed by atoms with Crippen LogP contribution < -0.4 is 15.2 Å². The molecule has 1 aliphatic carbocycles. The molecule has 2 aromatic carbocycles. The van der Waals surface area contributed by atoms with Crippen LogP contribution in [0.2, 0.25) is 0 Å². The van der Waals surface area contributed by atoms with E-state index in [1.54, 1.807) is 54.4 Å². The fourth-order valence-electron chi connectivity index (χ4n) is 5.03. The maximum absolute atomic E-state index is 13.8. The maximum Gasteiger partial charge on any atom is 0.263 e. The molecule has 2 atom stereocenters. The van der Waals surface area contributed by atoms with Crippen molar-refractivity contribution >= 4 is 44.8 Å². The number of halogens is 1. The molecule has 2 aromatic rings.